The summed E-state index contributed by atoms with van der Waals surface area (Å²) < 4.78 is 21.9. The maximum absolute atomic E-state index is 5.58. The molecule has 1 rings (SSSR count). The Labute approximate surface area is 138 Å². The van der Waals surface area contributed by atoms with Gasteiger partial charge in [0, 0.05) is 17.1 Å². The summed E-state index contributed by atoms with van der Waals surface area (Å²) in [5.41, 5.74) is 6.38. The minimum atomic E-state index is 0.352. The molecule has 1 aromatic rings. The second-order valence-corrected chi connectivity index (χ2v) is 5.37. The van der Waals surface area contributed by atoms with Crippen molar-refractivity contribution in [3.63, 3.8) is 0 Å². The fourth-order valence-corrected chi connectivity index (χ4v) is 2.35. The molecule has 0 atom stereocenters. The molecule has 7 heteroatoms. The van der Waals surface area contributed by atoms with Crippen molar-refractivity contribution in [3.8, 4) is 5.75 Å². The topological polar surface area (TPSA) is 62.9 Å². The van der Waals surface area contributed by atoms with E-state index in [4.69, 9.17) is 36.9 Å². The summed E-state index contributed by atoms with van der Waals surface area (Å²) in [7, 11) is 1.64. The zero-order valence-electron chi connectivity index (χ0n) is 12.0. The fraction of sp³-hybridized carbons (Fsp3) is 0.500. The van der Waals surface area contributed by atoms with Gasteiger partial charge in [0.15, 0.2) is 0 Å². The van der Waals surface area contributed by atoms with Gasteiger partial charge in [-0.15, -0.1) is 0 Å². The summed E-state index contributed by atoms with van der Waals surface area (Å²) in [6.07, 6.45) is 0. The molecule has 118 valence electrons. The zero-order valence-corrected chi connectivity index (χ0v) is 14.4. The average Bonchev–Trinajstić information content (AvgIpc) is 2.45. The first-order valence-corrected chi connectivity index (χ1v) is 7.72. The molecule has 0 radical (unpaired) electrons. The third-order valence-electron chi connectivity index (χ3n) is 2.51. The second-order valence-electron chi connectivity index (χ2n) is 4.07. The first-order chi connectivity index (χ1) is 10.1. The Balaban J connectivity index is 2.13. The van der Waals surface area contributed by atoms with Gasteiger partial charge in [-0.2, -0.15) is 0 Å². The van der Waals surface area contributed by atoms with Gasteiger partial charge in [0.2, 0.25) is 0 Å². The second kappa shape index (κ2) is 10.9. The molecule has 0 heterocycles. The van der Waals surface area contributed by atoms with E-state index in [1.165, 1.54) is 0 Å². The lowest BCUT2D eigenvalue weighted by Gasteiger charge is -2.09. The maximum Gasteiger partial charge on any atom is 0.120 e. The Hall–Kier alpha value is -0.730. The van der Waals surface area contributed by atoms with E-state index in [1.54, 1.807) is 7.11 Å². The number of hydrogen-bond acceptors (Lipinski definition) is 5. The van der Waals surface area contributed by atoms with E-state index in [-0.39, 0.29) is 0 Å². The Kier molecular flexibility index (Phi) is 9.53. The van der Waals surface area contributed by atoms with Gasteiger partial charge in [-0.05, 0) is 34.1 Å². The smallest absolute Gasteiger partial charge is 0.120 e. The molecule has 0 fully saturated rings. The van der Waals surface area contributed by atoms with Crippen molar-refractivity contribution in [1.82, 2.24) is 0 Å². The van der Waals surface area contributed by atoms with Crippen LogP contribution in [0.4, 0.5) is 0 Å². The quantitative estimate of drug-likeness (QED) is 0.470. The van der Waals surface area contributed by atoms with Gasteiger partial charge in [-0.1, -0.05) is 12.2 Å². The predicted molar refractivity (Wildman–Crippen MR) is 89.0 cm³/mol. The summed E-state index contributed by atoms with van der Waals surface area (Å²) >= 11 is 8.34. The summed E-state index contributed by atoms with van der Waals surface area (Å²) in [4.78, 5) is 0.352. The van der Waals surface area contributed by atoms with Crippen LogP contribution in [0.2, 0.25) is 0 Å². The number of hydrogen-bond donors (Lipinski definition) is 1. The molecule has 0 aromatic heterocycles. The van der Waals surface area contributed by atoms with E-state index >= 15 is 0 Å². The summed E-state index contributed by atoms with van der Waals surface area (Å²) in [6.45, 7) is 3.24. The highest BCUT2D eigenvalue weighted by Gasteiger charge is 2.04. The normalized spacial score (nSPS) is 10.6. The van der Waals surface area contributed by atoms with Crippen LogP contribution < -0.4 is 10.5 Å². The van der Waals surface area contributed by atoms with Crippen LogP contribution >= 0.6 is 28.1 Å². The lowest BCUT2D eigenvalue weighted by Crippen LogP contribution is -2.13. The summed E-state index contributed by atoms with van der Waals surface area (Å²) in [6, 6.07) is 5.49. The number of benzene rings is 1. The van der Waals surface area contributed by atoms with Gasteiger partial charge in [0.1, 0.15) is 17.3 Å². The largest absolute Gasteiger partial charge is 0.491 e. The van der Waals surface area contributed by atoms with Crippen LogP contribution in [0.1, 0.15) is 5.56 Å². The monoisotopic (exact) mass is 377 g/mol. The molecule has 0 unspecified atom stereocenters. The molecule has 5 nitrogen and oxygen atoms in total. The van der Waals surface area contributed by atoms with E-state index < -0.39 is 0 Å². The molecule has 0 saturated carbocycles. The third-order valence-corrected chi connectivity index (χ3v) is 3.38. The van der Waals surface area contributed by atoms with Gasteiger partial charge >= 0.3 is 0 Å². The van der Waals surface area contributed by atoms with Crippen LogP contribution in [-0.2, 0) is 14.2 Å². The van der Waals surface area contributed by atoms with Crippen molar-refractivity contribution in [2.45, 2.75) is 0 Å². The number of ether oxygens (including phenoxy) is 4. The van der Waals surface area contributed by atoms with Gasteiger partial charge in [0.25, 0.3) is 0 Å². The molecule has 0 aliphatic rings. The van der Waals surface area contributed by atoms with Crippen LogP contribution in [0.3, 0.4) is 0 Å². The van der Waals surface area contributed by atoms with Gasteiger partial charge in [0.05, 0.1) is 33.0 Å². The van der Waals surface area contributed by atoms with E-state index in [0.717, 1.165) is 15.8 Å². The molecular weight excluding hydrogens is 358 g/mol. The van der Waals surface area contributed by atoms with Crippen molar-refractivity contribution in [3.05, 3.63) is 28.2 Å². The van der Waals surface area contributed by atoms with E-state index in [0.29, 0.717) is 44.6 Å². The van der Waals surface area contributed by atoms with Gasteiger partial charge in [-0.25, -0.2) is 0 Å². The standard InChI is InChI=1S/C14H20BrNO4S/c1-17-4-5-18-6-7-19-8-9-20-11-2-3-12(14(16)21)13(15)10-11/h2-3,10H,4-9H2,1H3,(H2,16,21). The molecule has 0 aliphatic carbocycles. The number of thiocarbonyl (C=S) groups is 1. The SMILES string of the molecule is COCCOCCOCCOc1ccc(C(N)=S)c(Br)c1. The molecule has 2 N–H and O–H groups in total. The molecule has 21 heavy (non-hydrogen) atoms. The summed E-state index contributed by atoms with van der Waals surface area (Å²) in [5.74, 6) is 0.738. The molecular formula is C14H20BrNO4S. The van der Waals surface area contributed by atoms with Crippen LogP contribution in [0.15, 0.2) is 22.7 Å². The molecule has 1 aromatic carbocycles. The lowest BCUT2D eigenvalue weighted by atomic mass is 10.2. The third kappa shape index (κ3) is 7.73. The lowest BCUT2D eigenvalue weighted by molar-refractivity contribution is 0.0179. The highest BCUT2D eigenvalue weighted by atomic mass is 79.9. The van der Waals surface area contributed by atoms with Crippen LogP contribution in [0, 0.1) is 0 Å². The van der Waals surface area contributed by atoms with E-state index in [9.17, 15) is 0 Å². The van der Waals surface area contributed by atoms with Crippen molar-refractivity contribution >= 4 is 33.1 Å². The van der Waals surface area contributed by atoms with Crippen molar-refractivity contribution < 1.29 is 18.9 Å². The predicted octanol–water partition coefficient (Wildman–Crippen LogP) is 2.14. The Bertz CT molecular complexity index is 445. The van der Waals surface area contributed by atoms with Gasteiger partial charge < -0.3 is 24.7 Å². The van der Waals surface area contributed by atoms with E-state index in [1.807, 2.05) is 18.2 Å². The Morgan fingerprint density at radius 2 is 1.71 bits per heavy atom. The first-order valence-electron chi connectivity index (χ1n) is 6.51. The maximum atomic E-state index is 5.58. The first kappa shape index (κ1) is 18.3. The average molecular weight is 378 g/mol. The van der Waals surface area contributed by atoms with Crippen molar-refractivity contribution in [2.75, 3.05) is 46.8 Å². The molecule has 0 saturated heterocycles. The molecule has 0 amide bonds. The highest BCUT2D eigenvalue weighted by Crippen LogP contribution is 2.23. The highest BCUT2D eigenvalue weighted by molar-refractivity contribution is 9.10. The minimum absolute atomic E-state index is 0.352. The number of halogens is 1. The number of nitrogens with two attached hydrogens (primary N) is 1. The van der Waals surface area contributed by atoms with Crippen LogP contribution in [0.25, 0.3) is 0 Å². The number of methoxy groups -OCH3 is 1. The molecule has 0 aliphatic heterocycles. The molecule has 0 spiro atoms. The van der Waals surface area contributed by atoms with Crippen molar-refractivity contribution in [1.29, 1.82) is 0 Å². The Morgan fingerprint density at radius 3 is 2.29 bits per heavy atom. The van der Waals surface area contributed by atoms with Gasteiger partial charge in [-0.3, -0.25) is 0 Å². The molecule has 0 bridgehead atoms. The summed E-state index contributed by atoms with van der Waals surface area (Å²) in [5, 5.41) is 0. The zero-order chi connectivity index (χ0) is 15.5. The van der Waals surface area contributed by atoms with Crippen LogP contribution in [0.5, 0.6) is 5.75 Å². The Morgan fingerprint density at radius 1 is 1.10 bits per heavy atom. The van der Waals surface area contributed by atoms with Crippen LogP contribution in [-0.4, -0.2) is 51.7 Å². The number of rotatable bonds is 11. The fourth-order valence-electron chi connectivity index (χ4n) is 1.47. The van der Waals surface area contributed by atoms with Crippen molar-refractivity contribution in [2.24, 2.45) is 5.73 Å². The minimum Gasteiger partial charge on any atom is -0.491 e. The van der Waals surface area contributed by atoms with E-state index in [2.05, 4.69) is 15.9 Å².